The Balaban J connectivity index is 1.82. The predicted molar refractivity (Wildman–Crippen MR) is 119 cm³/mol. The van der Waals surface area contributed by atoms with Gasteiger partial charge in [0.05, 0.1) is 12.3 Å². The second kappa shape index (κ2) is 10.3. The minimum Gasteiger partial charge on any atom is -0.493 e. The van der Waals surface area contributed by atoms with Crippen LogP contribution in [-0.2, 0) is 0 Å². The van der Waals surface area contributed by atoms with Gasteiger partial charge in [0.25, 0.3) is 0 Å². The molecule has 0 unspecified atom stereocenters. The van der Waals surface area contributed by atoms with Gasteiger partial charge in [0.2, 0.25) is 0 Å². The van der Waals surface area contributed by atoms with Crippen LogP contribution in [0.1, 0.15) is 40.9 Å². The SMILES string of the molecule is CSCCOc1cccc(C=CC(=O)c2c(N3CCCCC3)cc(C)oc2=O)c1. The molecule has 2 aromatic rings. The molecule has 0 radical (unpaired) electrons. The quantitative estimate of drug-likeness (QED) is 0.359. The molecule has 29 heavy (non-hydrogen) atoms. The van der Waals surface area contributed by atoms with Crippen molar-refractivity contribution in [3.05, 3.63) is 63.7 Å². The number of rotatable bonds is 8. The lowest BCUT2D eigenvalue weighted by atomic mass is 10.0. The fourth-order valence-electron chi connectivity index (χ4n) is 3.41. The zero-order valence-corrected chi connectivity index (χ0v) is 17.8. The van der Waals surface area contributed by atoms with Gasteiger partial charge in [-0.1, -0.05) is 18.2 Å². The van der Waals surface area contributed by atoms with Crippen molar-refractivity contribution >= 4 is 29.3 Å². The molecule has 5 nitrogen and oxygen atoms in total. The van der Waals surface area contributed by atoms with Crippen LogP contribution < -0.4 is 15.3 Å². The van der Waals surface area contributed by atoms with Gasteiger partial charge in [-0.2, -0.15) is 11.8 Å². The first kappa shape index (κ1) is 21.2. The van der Waals surface area contributed by atoms with Crippen LogP contribution >= 0.6 is 11.8 Å². The van der Waals surface area contributed by atoms with E-state index in [0.29, 0.717) is 18.1 Å². The fourth-order valence-corrected chi connectivity index (χ4v) is 3.66. The third kappa shape index (κ3) is 5.76. The third-order valence-corrected chi connectivity index (χ3v) is 5.41. The number of aryl methyl sites for hydroxylation is 1. The van der Waals surface area contributed by atoms with E-state index in [1.165, 1.54) is 12.5 Å². The first-order valence-electron chi connectivity index (χ1n) is 9.92. The molecule has 2 heterocycles. The average molecular weight is 414 g/mol. The van der Waals surface area contributed by atoms with E-state index in [1.807, 2.05) is 30.5 Å². The van der Waals surface area contributed by atoms with E-state index in [1.54, 1.807) is 30.8 Å². The predicted octanol–water partition coefficient (Wildman–Crippen LogP) is 4.58. The molecule has 0 atom stereocenters. The molecule has 1 aliphatic heterocycles. The van der Waals surface area contributed by atoms with Crippen molar-refractivity contribution in [3.8, 4) is 5.75 Å². The lowest BCUT2D eigenvalue weighted by Crippen LogP contribution is -2.32. The number of hydrogen-bond donors (Lipinski definition) is 0. The van der Waals surface area contributed by atoms with Gasteiger partial charge in [0, 0.05) is 24.9 Å². The lowest BCUT2D eigenvalue weighted by molar-refractivity contribution is 0.104. The number of anilines is 1. The molecule has 154 valence electrons. The van der Waals surface area contributed by atoms with Crippen molar-refractivity contribution in [2.45, 2.75) is 26.2 Å². The summed E-state index contributed by atoms with van der Waals surface area (Å²) in [5.41, 5.74) is 1.06. The van der Waals surface area contributed by atoms with Crippen molar-refractivity contribution < 1.29 is 13.9 Å². The Labute approximate surface area is 175 Å². The summed E-state index contributed by atoms with van der Waals surface area (Å²) in [4.78, 5) is 27.5. The van der Waals surface area contributed by atoms with Gasteiger partial charge in [-0.3, -0.25) is 4.79 Å². The molecule has 6 heteroatoms. The van der Waals surface area contributed by atoms with Gasteiger partial charge < -0.3 is 14.1 Å². The molecule has 0 amide bonds. The van der Waals surface area contributed by atoms with Crippen molar-refractivity contribution in [2.24, 2.45) is 0 Å². The molecule has 1 aromatic carbocycles. The number of carbonyl (C=O) groups excluding carboxylic acids is 1. The lowest BCUT2D eigenvalue weighted by Gasteiger charge is -2.29. The maximum Gasteiger partial charge on any atom is 0.349 e. The number of ketones is 1. The first-order chi connectivity index (χ1) is 14.1. The standard InChI is InChI=1S/C23H27NO4S/c1-17-15-20(24-11-4-3-5-12-24)22(23(26)28-17)21(25)10-9-18-7-6-8-19(16-18)27-13-14-29-2/h6-10,15-16H,3-5,11-14H2,1-2H3. The van der Waals surface area contributed by atoms with E-state index in [2.05, 4.69) is 4.90 Å². The van der Waals surface area contributed by atoms with E-state index < -0.39 is 5.63 Å². The summed E-state index contributed by atoms with van der Waals surface area (Å²) in [6.07, 6.45) is 8.49. The first-order valence-corrected chi connectivity index (χ1v) is 11.3. The van der Waals surface area contributed by atoms with Gasteiger partial charge in [-0.05, 0) is 56.2 Å². The Morgan fingerprint density at radius 1 is 1.24 bits per heavy atom. The van der Waals surface area contributed by atoms with Crippen molar-refractivity contribution in [2.75, 3.05) is 36.6 Å². The minimum absolute atomic E-state index is 0.112. The van der Waals surface area contributed by atoms with Crippen LogP contribution in [0, 0.1) is 6.92 Å². The van der Waals surface area contributed by atoms with Gasteiger partial charge in [-0.15, -0.1) is 0 Å². The van der Waals surface area contributed by atoms with Crippen LogP contribution in [0.3, 0.4) is 0 Å². The third-order valence-electron chi connectivity index (χ3n) is 4.84. The molecule has 0 N–H and O–H groups in total. The van der Waals surface area contributed by atoms with Crippen molar-refractivity contribution in [3.63, 3.8) is 0 Å². The number of piperidine rings is 1. The smallest absolute Gasteiger partial charge is 0.349 e. The summed E-state index contributed by atoms with van der Waals surface area (Å²) < 4.78 is 10.9. The molecule has 1 aliphatic rings. The highest BCUT2D eigenvalue weighted by atomic mass is 32.2. The maximum absolute atomic E-state index is 12.9. The van der Waals surface area contributed by atoms with Gasteiger partial charge in [0.1, 0.15) is 17.1 Å². The molecule has 0 bridgehead atoms. The highest BCUT2D eigenvalue weighted by Crippen LogP contribution is 2.24. The Kier molecular flexibility index (Phi) is 7.58. The molecule has 3 rings (SSSR count). The molecule has 0 aliphatic carbocycles. The molecule has 0 saturated carbocycles. The number of nitrogens with zero attached hydrogens (tertiary/aromatic N) is 1. The number of carbonyl (C=O) groups is 1. The Morgan fingerprint density at radius 3 is 2.79 bits per heavy atom. The minimum atomic E-state index is -0.575. The summed E-state index contributed by atoms with van der Waals surface area (Å²) in [6, 6.07) is 9.36. The second-order valence-corrected chi connectivity index (χ2v) is 8.05. The Bertz CT molecular complexity index is 929. The average Bonchev–Trinajstić information content (AvgIpc) is 2.73. The zero-order valence-electron chi connectivity index (χ0n) is 17.0. The summed E-state index contributed by atoms with van der Waals surface area (Å²) in [7, 11) is 0. The monoisotopic (exact) mass is 413 g/mol. The second-order valence-electron chi connectivity index (χ2n) is 7.06. The Hall–Kier alpha value is -2.47. The normalized spacial score (nSPS) is 14.3. The van der Waals surface area contributed by atoms with Crippen LogP contribution in [0.25, 0.3) is 6.08 Å². The number of allylic oxidation sites excluding steroid dienone is 1. The summed E-state index contributed by atoms with van der Waals surface area (Å²) >= 11 is 1.73. The molecule has 0 spiro atoms. The molecule has 1 fully saturated rings. The number of thioether (sulfide) groups is 1. The van der Waals surface area contributed by atoms with Crippen LogP contribution in [0.15, 0.2) is 45.6 Å². The largest absolute Gasteiger partial charge is 0.493 e. The van der Waals surface area contributed by atoms with E-state index in [9.17, 15) is 9.59 Å². The summed E-state index contributed by atoms with van der Waals surface area (Å²) in [6.45, 7) is 4.07. The Morgan fingerprint density at radius 2 is 2.03 bits per heavy atom. The number of hydrogen-bond acceptors (Lipinski definition) is 6. The van der Waals surface area contributed by atoms with E-state index in [4.69, 9.17) is 9.15 Å². The van der Waals surface area contributed by atoms with Gasteiger partial charge in [0.15, 0.2) is 5.78 Å². The van der Waals surface area contributed by atoms with Crippen LogP contribution in [0.4, 0.5) is 5.69 Å². The molecule has 1 aromatic heterocycles. The fraction of sp³-hybridized carbons (Fsp3) is 0.391. The van der Waals surface area contributed by atoms with Crippen LogP contribution in [-0.4, -0.2) is 37.5 Å². The van der Waals surface area contributed by atoms with Crippen molar-refractivity contribution in [1.82, 2.24) is 0 Å². The number of benzene rings is 1. The van der Waals surface area contributed by atoms with E-state index in [-0.39, 0.29) is 11.3 Å². The summed E-state index contributed by atoms with van der Waals surface area (Å²) in [5.74, 6) is 1.86. The van der Waals surface area contributed by atoms with Crippen LogP contribution in [0.2, 0.25) is 0 Å². The number of ether oxygens (including phenoxy) is 1. The van der Waals surface area contributed by atoms with Crippen LogP contribution in [0.5, 0.6) is 5.75 Å². The van der Waals surface area contributed by atoms with Gasteiger partial charge in [-0.25, -0.2) is 4.79 Å². The zero-order chi connectivity index (χ0) is 20.6. The van der Waals surface area contributed by atoms with Crippen molar-refractivity contribution in [1.29, 1.82) is 0 Å². The van der Waals surface area contributed by atoms with E-state index in [0.717, 1.165) is 43.0 Å². The van der Waals surface area contributed by atoms with Gasteiger partial charge >= 0.3 is 5.63 Å². The van der Waals surface area contributed by atoms with E-state index >= 15 is 0 Å². The highest BCUT2D eigenvalue weighted by Gasteiger charge is 2.22. The molecular weight excluding hydrogens is 386 g/mol. The molecular formula is C23H27NO4S. The highest BCUT2D eigenvalue weighted by molar-refractivity contribution is 7.98. The molecule has 1 saturated heterocycles. The maximum atomic E-state index is 12.9. The topological polar surface area (TPSA) is 59.8 Å². The summed E-state index contributed by atoms with van der Waals surface area (Å²) in [5, 5.41) is 0.